The van der Waals surface area contributed by atoms with Gasteiger partial charge < -0.3 is 5.32 Å². The van der Waals surface area contributed by atoms with Crippen molar-refractivity contribution in [1.82, 2.24) is 10.2 Å². The van der Waals surface area contributed by atoms with E-state index in [-0.39, 0.29) is 0 Å². The summed E-state index contributed by atoms with van der Waals surface area (Å²) < 4.78 is 0. The first-order valence-corrected chi connectivity index (χ1v) is 5.48. The van der Waals surface area contributed by atoms with E-state index in [0.717, 1.165) is 6.54 Å². The lowest BCUT2D eigenvalue weighted by Gasteiger charge is -2.44. The van der Waals surface area contributed by atoms with Gasteiger partial charge in [0, 0.05) is 31.7 Å². The second-order valence-corrected chi connectivity index (χ2v) is 5.72. The highest BCUT2D eigenvalue weighted by Crippen LogP contribution is 2.46. The molecule has 76 valence electrons. The molecule has 0 radical (unpaired) electrons. The van der Waals surface area contributed by atoms with Crippen molar-refractivity contribution >= 4 is 0 Å². The molecule has 2 aliphatic rings. The monoisotopic (exact) mass is 182 g/mol. The summed E-state index contributed by atoms with van der Waals surface area (Å²) in [7, 11) is 0. The summed E-state index contributed by atoms with van der Waals surface area (Å²) in [6.45, 7) is 12.0. The minimum absolute atomic E-state index is 0.365. The van der Waals surface area contributed by atoms with Crippen LogP contribution >= 0.6 is 0 Å². The summed E-state index contributed by atoms with van der Waals surface area (Å²) in [4.78, 5) is 2.66. The van der Waals surface area contributed by atoms with Gasteiger partial charge in [-0.05, 0) is 32.1 Å². The first-order chi connectivity index (χ1) is 6.02. The molecule has 1 saturated heterocycles. The van der Waals surface area contributed by atoms with Gasteiger partial charge in [0.1, 0.15) is 0 Å². The number of rotatable bonds is 2. The fraction of sp³-hybridized carbons (Fsp3) is 1.00. The molecule has 1 heterocycles. The van der Waals surface area contributed by atoms with E-state index >= 15 is 0 Å². The van der Waals surface area contributed by atoms with Gasteiger partial charge in [0.25, 0.3) is 0 Å². The average molecular weight is 182 g/mol. The number of nitrogens with one attached hydrogen (secondary N) is 1. The first-order valence-electron chi connectivity index (χ1n) is 5.48. The quantitative estimate of drug-likeness (QED) is 0.695. The largest absolute Gasteiger partial charge is 0.314 e. The van der Waals surface area contributed by atoms with Crippen LogP contribution in [-0.4, -0.2) is 36.6 Å². The smallest absolute Gasteiger partial charge is 0.0278 e. The highest BCUT2D eigenvalue weighted by molar-refractivity contribution is 4.97. The molecule has 0 aromatic heterocycles. The number of hydrogen-bond acceptors (Lipinski definition) is 2. The molecule has 1 N–H and O–H groups in total. The summed E-state index contributed by atoms with van der Waals surface area (Å²) in [5.74, 6) is 0. The SMILES string of the molecule is CC1(CN2CCNCC2(C)C)CC1. The molecule has 0 unspecified atom stereocenters. The third-order valence-electron chi connectivity index (χ3n) is 3.65. The lowest BCUT2D eigenvalue weighted by atomic mass is 9.97. The Hall–Kier alpha value is -0.0800. The first kappa shape index (κ1) is 9.47. The van der Waals surface area contributed by atoms with Gasteiger partial charge in [-0.1, -0.05) is 6.92 Å². The zero-order valence-corrected chi connectivity index (χ0v) is 9.19. The molecule has 2 fully saturated rings. The Kier molecular flexibility index (Phi) is 2.16. The second-order valence-electron chi connectivity index (χ2n) is 5.72. The van der Waals surface area contributed by atoms with Gasteiger partial charge in [0.15, 0.2) is 0 Å². The summed E-state index contributed by atoms with van der Waals surface area (Å²) >= 11 is 0. The maximum absolute atomic E-state index is 3.47. The molecule has 1 aliphatic carbocycles. The van der Waals surface area contributed by atoms with E-state index in [0.29, 0.717) is 11.0 Å². The lowest BCUT2D eigenvalue weighted by Crippen LogP contribution is -2.58. The highest BCUT2D eigenvalue weighted by Gasteiger charge is 2.42. The maximum Gasteiger partial charge on any atom is 0.0278 e. The third kappa shape index (κ3) is 2.05. The molecule has 0 aromatic rings. The molecule has 0 amide bonds. The highest BCUT2D eigenvalue weighted by atomic mass is 15.3. The van der Waals surface area contributed by atoms with Gasteiger partial charge in [0.2, 0.25) is 0 Å². The Morgan fingerprint density at radius 2 is 1.92 bits per heavy atom. The Morgan fingerprint density at radius 3 is 2.46 bits per heavy atom. The van der Waals surface area contributed by atoms with Crippen LogP contribution in [0.15, 0.2) is 0 Å². The van der Waals surface area contributed by atoms with E-state index in [4.69, 9.17) is 0 Å². The number of nitrogens with zero attached hydrogens (tertiary/aromatic N) is 1. The molecular formula is C11H22N2. The molecule has 2 heteroatoms. The summed E-state index contributed by atoms with van der Waals surface area (Å²) in [6, 6.07) is 0. The predicted octanol–water partition coefficient (Wildman–Crippen LogP) is 1.47. The van der Waals surface area contributed by atoms with Crippen LogP contribution in [0, 0.1) is 5.41 Å². The van der Waals surface area contributed by atoms with Crippen LogP contribution in [0.4, 0.5) is 0 Å². The van der Waals surface area contributed by atoms with E-state index in [2.05, 4.69) is 31.0 Å². The molecule has 1 aliphatic heterocycles. The van der Waals surface area contributed by atoms with Gasteiger partial charge in [-0.15, -0.1) is 0 Å². The van der Waals surface area contributed by atoms with Crippen LogP contribution in [0.1, 0.15) is 33.6 Å². The Bertz CT molecular complexity index is 194. The molecule has 0 atom stereocenters. The third-order valence-corrected chi connectivity index (χ3v) is 3.65. The van der Waals surface area contributed by atoms with Gasteiger partial charge in [-0.25, -0.2) is 0 Å². The van der Waals surface area contributed by atoms with Gasteiger partial charge in [-0.3, -0.25) is 4.90 Å². The zero-order chi connectivity index (χ0) is 9.53. The summed E-state index contributed by atoms with van der Waals surface area (Å²) in [5, 5.41) is 3.47. The minimum atomic E-state index is 0.365. The molecule has 0 spiro atoms. The van der Waals surface area contributed by atoms with Crippen molar-refractivity contribution in [3.8, 4) is 0 Å². The Labute approximate surface area is 81.7 Å². The topological polar surface area (TPSA) is 15.3 Å². The van der Waals surface area contributed by atoms with Gasteiger partial charge in [0.05, 0.1) is 0 Å². The predicted molar refractivity (Wildman–Crippen MR) is 55.9 cm³/mol. The standard InChI is InChI=1S/C11H22N2/c1-10(2)8-12-6-7-13(10)9-11(3)4-5-11/h12H,4-9H2,1-3H3. The summed E-state index contributed by atoms with van der Waals surface area (Å²) in [5.41, 5.74) is 1.03. The van der Waals surface area contributed by atoms with Crippen molar-refractivity contribution in [2.24, 2.45) is 5.41 Å². The zero-order valence-electron chi connectivity index (χ0n) is 9.19. The average Bonchev–Trinajstić information content (AvgIpc) is 2.74. The van der Waals surface area contributed by atoms with E-state index < -0.39 is 0 Å². The van der Waals surface area contributed by atoms with E-state index in [1.807, 2.05) is 0 Å². The van der Waals surface area contributed by atoms with Crippen molar-refractivity contribution < 1.29 is 0 Å². The number of piperazine rings is 1. The van der Waals surface area contributed by atoms with Crippen LogP contribution in [-0.2, 0) is 0 Å². The van der Waals surface area contributed by atoms with Crippen molar-refractivity contribution in [3.63, 3.8) is 0 Å². The fourth-order valence-electron chi connectivity index (χ4n) is 2.15. The molecule has 0 aromatic carbocycles. The number of hydrogen-bond donors (Lipinski definition) is 1. The van der Waals surface area contributed by atoms with E-state index in [9.17, 15) is 0 Å². The van der Waals surface area contributed by atoms with Crippen LogP contribution < -0.4 is 5.32 Å². The minimum Gasteiger partial charge on any atom is -0.314 e. The van der Waals surface area contributed by atoms with Gasteiger partial charge >= 0.3 is 0 Å². The molecule has 13 heavy (non-hydrogen) atoms. The maximum atomic E-state index is 3.47. The van der Waals surface area contributed by atoms with Gasteiger partial charge in [-0.2, -0.15) is 0 Å². The molecular weight excluding hydrogens is 160 g/mol. The van der Waals surface area contributed by atoms with Crippen molar-refractivity contribution in [2.45, 2.75) is 39.2 Å². The van der Waals surface area contributed by atoms with Crippen LogP contribution in [0.5, 0.6) is 0 Å². The fourth-order valence-corrected chi connectivity index (χ4v) is 2.15. The molecule has 1 saturated carbocycles. The lowest BCUT2D eigenvalue weighted by molar-refractivity contribution is 0.0708. The van der Waals surface area contributed by atoms with Crippen LogP contribution in [0.2, 0.25) is 0 Å². The molecule has 2 rings (SSSR count). The molecule has 2 nitrogen and oxygen atoms in total. The molecule has 0 bridgehead atoms. The Morgan fingerprint density at radius 1 is 1.23 bits per heavy atom. The van der Waals surface area contributed by atoms with Crippen molar-refractivity contribution in [2.75, 3.05) is 26.2 Å². The van der Waals surface area contributed by atoms with Crippen molar-refractivity contribution in [3.05, 3.63) is 0 Å². The Balaban J connectivity index is 1.95. The van der Waals surface area contributed by atoms with E-state index in [1.165, 1.54) is 32.5 Å². The van der Waals surface area contributed by atoms with E-state index in [1.54, 1.807) is 0 Å². The second kappa shape index (κ2) is 2.96. The van der Waals surface area contributed by atoms with Crippen molar-refractivity contribution in [1.29, 1.82) is 0 Å². The van der Waals surface area contributed by atoms with Crippen LogP contribution in [0.25, 0.3) is 0 Å². The summed E-state index contributed by atoms with van der Waals surface area (Å²) in [6.07, 6.45) is 2.88. The normalized spacial score (nSPS) is 31.6. The van der Waals surface area contributed by atoms with Crippen LogP contribution in [0.3, 0.4) is 0 Å².